The van der Waals surface area contributed by atoms with Crippen LogP contribution in [0.4, 0.5) is 13.2 Å². The first-order chi connectivity index (χ1) is 16.3. The van der Waals surface area contributed by atoms with E-state index in [4.69, 9.17) is 24.5 Å². The molecule has 3 aromatic rings. The van der Waals surface area contributed by atoms with Gasteiger partial charge in [0.05, 0.1) is 5.56 Å². The fraction of sp³-hybridized carbons (Fsp3) is 0.333. The highest BCUT2D eigenvalue weighted by Crippen LogP contribution is 2.35. The molecule has 0 spiro atoms. The fourth-order valence-electron chi connectivity index (χ4n) is 3.28. The van der Waals surface area contributed by atoms with E-state index in [2.05, 4.69) is 16.4 Å². The van der Waals surface area contributed by atoms with Crippen LogP contribution >= 0.6 is 0 Å². The molecule has 0 aliphatic rings. The van der Waals surface area contributed by atoms with Gasteiger partial charge in [0.15, 0.2) is 0 Å². The highest BCUT2D eigenvalue weighted by Gasteiger charge is 2.34. The minimum absolute atomic E-state index is 0. The molecule has 0 amide bonds. The van der Waals surface area contributed by atoms with Gasteiger partial charge in [-0.2, -0.15) is 13.2 Å². The van der Waals surface area contributed by atoms with E-state index >= 15 is 0 Å². The number of hydrogen-bond donors (Lipinski definition) is 5. The molecule has 0 aliphatic carbocycles. The van der Waals surface area contributed by atoms with Crippen LogP contribution in [-0.2, 0) is 22.2 Å². The molecule has 0 aliphatic heterocycles. The third-order valence-electron chi connectivity index (χ3n) is 4.93. The zero-order valence-corrected chi connectivity index (χ0v) is 19.6. The zero-order valence-electron chi connectivity index (χ0n) is 19.6. The number of para-hydroxylation sites is 2. The Morgan fingerprint density at radius 2 is 1.61 bits per heavy atom. The van der Waals surface area contributed by atoms with Crippen molar-refractivity contribution in [3.8, 4) is 5.75 Å². The highest BCUT2D eigenvalue weighted by molar-refractivity contribution is 6.27. The highest BCUT2D eigenvalue weighted by atomic mass is 19.4. The molecule has 1 atom stereocenters. The number of aromatic amines is 1. The summed E-state index contributed by atoms with van der Waals surface area (Å²) in [4.78, 5) is 21.4. The Hall–Kier alpha value is -3.61. The van der Waals surface area contributed by atoms with E-state index in [-0.39, 0.29) is 29.9 Å². The monoisotopic (exact) mass is 514 g/mol. The summed E-state index contributed by atoms with van der Waals surface area (Å²) < 4.78 is 44.3. The van der Waals surface area contributed by atoms with E-state index in [1.54, 1.807) is 0 Å². The van der Waals surface area contributed by atoms with Crippen molar-refractivity contribution in [1.82, 2.24) is 10.3 Å². The third kappa shape index (κ3) is 9.21. The van der Waals surface area contributed by atoms with Crippen LogP contribution in [-0.4, -0.2) is 62.5 Å². The van der Waals surface area contributed by atoms with Crippen molar-refractivity contribution in [3.05, 3.63) is 65.9 Å². The number of aromatic nitrogens is 1. The summed E-state index contributed by atoms with van der Waals surface area (Å²) in [5.41, 5.74) is 1.05. The standard InChI is InChI=1S/C22H25F3N2O2.C2H2O4.H2O/c1-21(2,11-15-12-26-19-9-5-3-7-17(15)19)27-13-16(28)14-29-20-10-6-4-8-18(20)22(23,24)25;3-1(4)2(5)6;/h3-10,12,16,26-28H,11,13-14H2,1-2H3;(H,3,4)(H,5,6);1H2. The van der Waals surface area contributed by atoms with E-state index in [0.29, 0.717) is 0 Å². The van der Waals surface area contributed by atoms with Crippen LogP contribution in [0.3, 0.4) is 0 Å². The minimum Gasteiger partial charge on any atom is -0.490 e. The zero-order chi connectivity index (χ0) is 26.2. The van der Waals surface area contributed by atoms with Gasteiger partial charge < -0.3 is 35.8 Å². The predicted octanol–water partition coefficient (Wildman–Crippen LogP) is 2.87. The van der Waals surface area contributed by atoms with Crippen LogP contribution in [0.5, 0.6) is 5.75 Å². The molecule has 1 aromatic heterocycles. The summed E-state index contributed by atoms with van der Waals surface area (Å²) in [6, 6.07) is 13.0. The molecule has 1 heterocycles. The summed E-state index contributed by atoms with van der Waals surface area (Å²) in [5.74, 6) is -3.93. The molecule has 36 heavy (non-hydrogen) atoms. The molecular formula is C24H29F3N2O7. The first-order valence-corrected chi connectivity index (χ1v) is 10.5. The van der Waals surface area contributed by atoms with Gasteiger partial charge in [-0.05, 0) is 44.0 Å². The number of hydrogen-bond acceptors (Lipinski definition) is 5. The van der Waals surface area contributed by atoms with Crippen molar-refractivity contribution in [2.24, 2.45) is 0 Å². The topological polar surface area (TPSA) is 163 Å². The maximum atomic E-state index is 13.0. The molecule has 7 N–H and O–H groups in total. The largest absolute Gasteiger partial charge is 0.490 e. The predicted molar refractivity (Wildman–Crippen MR) is 126 cm³/mol. The average molecular weight is 514 g/mol. The number of fused-ring (bicyclic) bond motifs is 1. The number of aliphatic carboxylic acids is 2. The van der Waals surface area contributed by atoms with E-state index < -0.39 is 29.8 Å². The van der Waals surface area contributed by atoms with Gasteiger partial charge in [0, 0.05) is 29.2 Å². The molecule has 2 aromatic carbocycles. The number of carboxylic acids is 2. The lowest BCUT2D eigenvalue weighted by Gasteiger charge is -2.28. The maximum absolute atomic E-state index is 13.0. The number of nitrogens with one attached hydrogen (secondary N) is 2. The second kappa shape index (κ2) is 12.9. The van der Waals surface area contributed by atoms with Gasteiger partial charge >= 0.3 is 18.1 Å². The van der Waals surface area contributed by atoms with Crippen molar-refractivity contribution in [3.63, 3.8) is 0 Å². The van der Waals surface area contributed by atoms with Crippen LogP contribution in [0.25, 0.3) is 10.9 Å². The molecule has 12 heteroatoms. The smallest absolute Gasteiger partial charge is 0.419 e. The number of aliphatic hydroxyl groups excluding tert-OH is 1. The Labute approximate surface area is 204 Å². The summed E-state index contributed by atoms with van der Waals surface area (Å²) in [6.45, 7) is 4.00. The first kappa shape index (κ1) is 30.4. The van der Waals surface area contributed by atoms with Gasteiger partial charge in [0.25, 0.3) is 0 Å². The normalized spacial score (nSPS) is 12.2. The number of H-pyrrole nitrogens is 1. The van der Waals surface area contributed by atoms with Crippen LogP contribution in [0.2, 0.25) is 0 Å². The number of carboxylic acid groups (broad SMARTS) is 2. The molecule has 0 saturated heterocycles. The lowest BCUT2D eigenvalue weighted by molar-refractivity contribution is -0.159. The van der Waals surface area contributed by atoms with Gasteiger partial charge in [-0.1, -0.05) is 30.3 Å². The van der Waals surface area contributed by atoms with Crippen LogP contribution in [0.1, 0.15) is 25.0 Å². The van der Waals surface area contributed by atoms with E-state index in [1.807, 2.05) is 38.2 Å². The Morgan fingerprint density at radius 1 is 1.03 bits per heavy atom. The number of alkyl halides is 3. The molecule has 1 unspecified atom stereocenters. The van der Waals surface area contributed by atoms with Crippen molar-refractivity contribution < 1.29 is 48.3 Å². The summed E-state index contributed by atoms with van der Waals surface area (Å²) in [5, 5.41) is 29.4. The van der Waals surface area contributed by atoms with E-state index in [1.165, 1.54) is 18.2 Å². The van der Waals surface area contributed by atoms with Crippen LogP contribution in [0, 0.1) is 0 Å². The Balaban J connectivity index is 0.000000827. The third-order valence-corrected chi connectivity index (χ3v) is 4.93. The average Bonchev–Trinajstić information content (AvgIpc) is 3.18. The van der Waals surface area contributed by atoms with Crippen LogP contribution < -0.4 is 10.1 Å². The summed E-state index contributed by atoms with van der Waals surface area (Å²) in [6.07, 6.45) is -2.75. The molecular weight excluding hydrogens is 485 g/mol. The second-order valence-electron chi connectivity index (χ2n) is 8.37. The number of rotatable bonds is 8. The molecule has 9 nitrogen and oxygen atoms in total. The molecule has 0 bridgehead atoms. The second-order valence-corrected chi connectivity index (χ2v) is 8.37. The summed E-state index contributed by atoms with van der Waals surface area (Å²) in [7, 11) is 0. The van der Waals surface area contributed by atoms with Gasteiger partial charge in [-0.15, -0.1) is 0 Å². The van der Waals surface area contributed by atoms with E-state index in [0.717, 1.165) is 29.0 Å². The van der Waals surface area contributed by atoms with Gasteiger partial charge in [0.2, 0.25) is 0 Å². The minimum atomic E-state index is -4.50. The van der Waals surface area contributed by atoms with E-state index in [9.17, 15) is 18.3 Å². The van der Waals surface area contributed by atoms with Crippen molar-refractivity contribution in [2.75, 3.05) is 13.2 Å². The van der Waals surface area contributed by atoms with Crippen LogP contribution in [0.15, 0.2) is 54.7 Å². The number of halogens is 3. The van der Waals surface area contributed by atoms with Gasteiger partial charge in [-0.25, -0.2) is 9.59 Å². The number of β-amino-alcohol motifs (C(OH)–C–C–N with tert-alkyl or cyclic N) is 1. The lowest BCUT2D eigenvalue weighted by Crippen LogP contribution is -2.46. The molecule has 0 fully saturated rings. The first-order valence-electron chi connectivity index (χ1n) is 10.5. The Morgan fingerprint density at radius 3 is 2.22 bits per heavy atom. The van der Waals surface area contributed by atoms with Gasteiger partial charge in [-0.3, -0.25) is 0 Å². The number of aliphatic hydroxyl groups is 1. The molecule has 198 valence electrons. The molecule has 0 radical (unpaired) electrons. The Bertz CT molecular complexity index is 1130. The Kier molecular flexibility index (Phi) is 10.9. The van der Waals surface area contributed by atoms with Crippen molar-refractivity contribution in [2.45, 2.75) is 38.1 Å². The maximum Gasteiger partial charge on any atom is 0.419 e. The lowest BCUT2D eigenvalue weighted by atomic mass is 9.94. The molecule has 0 saturated carbocycles. The number of benzene rings is 2. The van der Waals surface area contributed by atoms with Crippen molar-refractivity contribution in [1.29, 1.82) is 0 Å². The van der Waals surface area contributed by atoms with Gasteiger partial charge in [0.1, 0.15) is 18.5 Å². The number of carbonyl (C=O) groups is 2. The fourth-order valence-corrected chi connectivity index (χ4v) is 3.28. The quantitative estimate of drug-likeness (QED) is 0.289. The number of ether oxygens (including phenoxy) is 1. The summed E-state index contributed by atoms with van der Waals surface area (Å²) >= 11 is 0. The molecule has 3 rings (SSSR count). The SMILES string of the molecule is CC(C)(Cc1c[nH]c2ccccc12)NCC(O)COc1ccccc1C(F)(F)F.O.O=C(O)C(=O)O. The van der Waals surface area contributed by atoms with Crippen molar-refractivity contribution >= 4 is 22.8 Å².